The van der Waals surface area contributed by atoms with E-state index in [0.29, 0.717) is 23.0 Å². The van der Waals surface area contributed by atoms with Crippen LogP contribution in [-0.4, -0.2) is 17.0 Å². The monoisotopic (exact) mass is 400 g/mol. The minimum Gasteiger partial charge on any atom is -0.393 e. The fourth-order valence-corrected chi connectivity index (χ4v) is 8.41. The van der Waals surface area contributed by atoms with E-state index in [1.165, 1.54) is 50.5 Å². The zero-order chi connectivity index (χ0) is 21.0. The first kappa shape index (κ1) is 21.6. The molecule has 0 radical (unpaired) electrons. The Hall–Kier alpha value is -0.630. The molecule has 0 aromatic rings. The highest BCUT2D eigenvalue weighted by Gasteiger charge is 2.61. The van der Waals surface area contributed by atoms with Crippen LogP contribution in [0.5, 0.6) is 0 Å². The van der Waals surface area contributed by atoms with Gasteiger partial charge in [0.2, 0.25) is 0 Å². The van der Waals surface area contributed by atoms with Gasteiger partial charge in [-0.05, 0) is 91.4 Å². The van der Waals surface area contributed by atoms with Crippen molar-refractivity contribution in [2.45, 2.75) is 105 Å². The van der Waals surface area contributed by atoms with Gasteiger partial charge in [-0.25, -0.2) is 0 Å². The van der Waals surface area contributed by atoms with E-state index >= 15 is 0 Å². The summed E-state index contributed by atoms with van der Waals surface area (Å²) in [6, 6.07) is 0. The van der Waals surface area contributed by atoms with E-state index in [2.05, 4.69) is 34.6 Å². The smallest absolute Gasteiger partial charge is 0.159 e. The number of fused-ring (bicyclic) bond motifs is 5. The second-order valence-electron chi connectivity index (χ2n) is 12.2. The molecule has 0 saturated heterocycles. The molecule has 0 spiro atoms. The zero-order valence-electron chi connectivity index (χ0n) is 19.5. The number of allylic oxidation sites excluding steroid dienone is 1. The zero-order valence-corrected chi connectivity index (χ0v) is 19.5. The summed E-state index contributed by atoms with van der Waals surface area (Å²) in [6.07, 6.45) is 13.6. The standard InChI is InChI=1S/C27H44O2/c1-17(2)7-6-8-18(3)21-9-10-22-25-23(12-14-27(21,22)5)26(4)13-11-20(28)15-19(26)16-24(25)29/h16-18,20-23,25,28H,6-15H2,1-5H3/t18-,20+,21-,22+,23+,25-,26-,27+/m0/s1. The number of hydrogen-bond acceptors (Lipinski definition) is 2. The molecule has 0 aliphatic heterocycles. The van der Waals surface area contributed by atoms with Crippen LogP contribution < -0.4 is 0 Å². The summed E-state index contributed by atoms with van der Waals surface area (Å²) in [5.74, 6) is 4.11. The molecule has 2 nitrogen and oxygen atoms in total. The first-order valence-electron chi connectivity index (χ1n) is 12.6. The van der Waals surface area contributed by atoms with Gasteiger partial charge in [0.15, 0.2) is 5.78 Å². The van der Waals surface area contributed by atoms with Crippen LogP contribution in [0.1, 0.15) is 98.8 Å². The first-order valence-corrected chi connectivity index (χ1v) is 12.6. The number of ketones is 1. The third-order valence-corrected chi connectivity index (χ3v) is 10.1. The molecule has 2 heteroatoms. The van der Waals surface area contributed by atoms with Gasteiger partial charge in [0.25, 0.3) is 0 Å². The molecule has 0 heterocycles. The molecule has 3 fully saturated rings. The lowest BCUT2D eigenvalue weighted by molar-refractivity contribution is -0.135. The topological polar surface area (TPSA) is 37.3 Å². The van der Waals surface area contributed by atoms with Crippen molar-refractivity contribution in [2.24, 2.45) is 46.3 Å². The summed E-state index contributed by atoms with van der Waals surface area (Å²) in [6.45, 7) is 12.1. The molecule has 3 saturated carbocycles. The molecule has 164 valence electrons. The van der Waals surface area contributed by atoms with Crippen molar-refractivity contribution in [3.63, 3.8) is 0 Å². The lowest BCUT2D eigenvalue weighted by atomic mass is 9.46. The predicted molar refractivity (Wildman–Crippen MR) is 119 cm³/mol. The number of aliphatic hydroxyl groups excluding tert-OH is 1. The van der Waals surface area contributed by atoms with Gasteiger partial charge in [-0.2, -0.15) is 0 Å². The Morgan fingerprint density at radius 3 is 2.52 bits per heavy atom. The number of hydrogen-bond donors (Lipinski definition) is 1. The number of carbonyl (C=O) groups excluding carboxylic acids is 1. The molecule has 4 aliphatic carbocycles. The maximum absolute atomic E-state index is 13.4. The average Bonchev–Trinajstić information content (AvgIpc) is 3.00. The number of carbonyl (C=O) groups is 1. The summed E-state index contributed by atoms with van der Waals surface area (Å²) < 4.78 is 0. The Kier molecular flexibility index (Phi) is 5.82. The van der Waals surface area contributed by atoms with E-state index in [1.54, 1.807) is 0 Å². The largest absolute Gasteiger partial charge is 0.393 e. The minimum atomic E-state index is -0.241. The van der Waals surface area contributed by atoms with Crippen molar-refractivity contribution >= 4 is 5.78 Å². The molecule has 4 rings (SSSR count). The summed E-state index contributed by atoms with van der Waals surface area (Å²) in [7, 11) is 0. The molecule has 0 unspecified atom stereocenters. The first-order chi connectivity index (χ1) is 13.7. The minimum absolute atomic E-state index is 0.153. The molecular weight excluding hydrogens is 356 g/mol. The SMILES string of the molecule is CC(C)CCC[C@H](C)[C@@H]1CC[C@@H]2[C@@H]3C(=O)C=C4C[C@H](O)CC[C@]4(C)[C@@H]3CC[C@@]21C. The predicted octanol–water partition coefficient (Wildman–Crippen LogP) is 6.57. The van der Waals surface area contributed by atoms with Crippen molar-refractivity contribution in [3.8, 4) is 0 Å². The second-order valence-corrected chi connectivity index (χ2v) is 12.2. The van der Waals surface area contributed by atoms with Crippen molar-refractivity contribution < 1.29 is 9.90 Å². The maximum atomic E-state index is 13.4. The summed E-state index contributed by atoms with van der Waals surface area (Å²) in [4.78, 5) is 13.4. The molecule has 0 aromatic carbocycles. The Morgan fingerprint density at radius 2 is 1.79 bits per heavy atom. The van der Waals surface area contributed by atoms with Gasteiger partial charge >= 0.3 is 0 Å². The van der Waals surface area contributed by atoms with Crippen LogP contribution in [0.4, 0.5) is 0 Å². The van der Waals surface area contributed by atoms with Gasteiger partial charge in [-0.1, -0.05) is 59.5 Å². The van der Waals surface area contributed by atoms with E-state index in [1.807, 2.05) is 6.08 Å². The molecule has 0 amide bonds. The van der Waals surface area contributed by atoms with Crippen molar-refractivity contribution in [2.75, 3.05) is 0 Å². The Labute approximate surface area is 178 Å². The lowest BCUT2D eigenvalue weighted by Gasteiger charge is -2.57. The van der Waals surface area contributed by atoms with Crippen molar-refractivity contribution in [1.82, 2.24) is 0 Å². The van der Waals surface area contributed by atoms with Crippen molar-refractivity contribution in [3.05, 3.63) is 11.6 Å². The van der Waals surface area contributed by atoms with Crippen LogP contribution >= 0.6 is 0 Å². The van der Waals surface area contributed by atoms with Crippen molar-refractivity contribution in [1.29, 1.82) is 0 Å². The Balaban J connectivity index is 1.54. The van der Waals surface area contributed by atoms with E-state index < -0.39 is 0 Å². The van der Waals surface area contributed by atoms with Crippen LogP contribution in [0.3, 0.4) is 0 Å². The van der Waals surface area contributed by atoms with Gasteiger partial charge in [-0.3, -0.25) is 4.79 Å². The Bertz CT molecular complexity index is 663. The highest BCUT2D eigenvalue weighted by molar-refractivity contribution is 5.94. The van der Waals surface area contributed by atoms with Gasteiger partial charge < -0.3 is 5.11 Å². The van der Waals surface area contributed by atoms with Gasteiger partial charge in [0, 0.05) is 5.92 Å². The van der Waals surface area contributed by atoms with Gasteiger partial charge in [0.05, 0.1) is 6.10 Å². The fourth-order valence-electron chi connectivity index (χ4n) is 8.41. The second kappa shape index (κ2) is 7.81. The summed E-state index contributed by atoms with van der Waals surface area (Å²) in [5.41, 5.74) is 1.77. The quantitative estimate of drug-likeness (QED) is 0.567. The average molecular weight is 401 g/mol. The van der Waals surface area contributed by atoms with Crippen LogP contribution in [0.15, 0.2) is 11.6 Å². The van der Waals surface area contributed by atoms with Gasteiger partial charge in [-0.15, -0.1) is 0 Å². The number of rotatable bonds is 5. The Morgan fingerprint density at radius 1 is 1.03 bits per heavy atom. The molecule has 0 bridgehead atoms. The lowest BCUT2D eigenvalue weighted by Crippen LogP contribution is -2.53. The summed E-state index contributed by atoms with van der Waals surface area (Å²) in [5, 5.41) is 10.2. The highest BCUT2D eigenvalue weighted by Crippen LogP contribution is 2.66. The maximum Gasteiger partial charge on any atom is 0.159 e. The molecule has 1 N–H and O–H groups in total. The number of aliphatic hydroxyl groups is 1. The highest BCUT2D eigenvalue weighted by atomic mass is 16.3. The summed E-state index contributed by atoms with van der Waals surface area (Å²) >= 11 is 0. The van der Waals surface area contributed by atoms with E-state index in [9.17, 15) is 9.90 Å². The fraction of sp³-hybridized carbons (Fsp3) is 0.889. The molecule has 0 aromatic heterocycles. The van der Waals surface area contributed by atoms with E-state index in [4.69, 9.17) is 0 Å². The normalized spacial score (nSPS) is 45.4. The molecular formula is C27H44O2. The van der Waals surface area contributed by atoms with E-state index in [-0.39, 0.29) is 17.4 Å². The van der Waals surface area contributed by atoms with Crippen LogP contribution in [0, 0.1) is 46.3 Å². The van der Waals surface area contributed by atoms with Gasteiger partial charge in [0.1, 0.15) is 0 Å². The van der Waals surface area contributed by atoms with Crippen LogP contribution in [0.25, 0.3) is 0 Å². The van der Waals surface area contributed by atoms with E-state index in [0.717, 1.165) is 37.0 Å². The van der Waals surface area contributed by atoms with Crippen LogP contribution in [-0.2, 0) is 4.79 Å². The third kappa shape index (κ3) is 3.56. The molecule has 4 aliphatic rings. The molecule has 8 atom stereocenters. The van der Waals surface area contributed by atoms with Crippen LogP contribution in [0.2, 0.25) is 0 Å². The third-order valence-electron chi connectivity index (χ3n) is 10.1. The molecule has 29 heavy (non-hydrogen) atoms.